The topological polar surface area (TPSA) is 68.4 Å². The van der Waals surface area contributed by atoms with Gasteiger partial charge in [-0.1, -0.05) is 0 Å². The van der Waals surface area contributed by atoms with Gasteiger partial charge in [0.2, 0.25) is 0 Å². The molecule has 0 aliphatic heterocycles. The maximum absolute atomic E-state index is 13.3. The van der Waals surface area contributed by atoms with E-state index in [0.717, 1.165) is 6.07 Å². The Bertz CT molecular complexity index is 725. The summed E-state index contributed by atoms with van der Waals surface area (Å²) >= 11 is 0. The van der Waals surface area contributed by atoms with Crippen molar-refractivity contribution in [3.05, 3.63) is 42.1 Å². The van der Waals surface area contributed by atoms with Crippen molar-refractivity contribution in [2.75, 3.05) is 12.3 Å². The van der Waals surface area contributed by atoms with Crippen LogP contribution < -0.4 is 10.5 Å². The first kappa shape index (κ1) is 19.1. The molecule has 0 saturated heterocycles. The molecule has 0 unspecified atom stereocenters. The number of alkyl halides is 3. The summed E-state index contributed by atoms with van der Waals surface area (Å²) in [7, 11) is 0. The Hall–Kier alpha value is -2.28. The Morgan fingerprint density at radius 2 is 1.88 bits per heavy atom. The monoisotopic (exact) mass is 354 g/mol. The van der Waals surface area contributed by atoms with E-state index in [4.69, 9.17) is 10.5 Å². The molecule has 1 heterocycles. The van der Waals surface area contributed by atoms with Crippen molar-refractivity contribution < 1.29 is 23.0 Å². The third-order valence-corrected chi connectivity index (χ3v) is 3.59. The molecular formula is C18H21F3N2O2. The first-order chi connectivity index (χ1) is 11.6. The minimum Gasteiger partial charge on any atom is -0.494 e. The summed E-state index contributed by atoms with van der Waals surface area (Å²) in [6.07, 6.45) is -2.02. The Morgan fingerprint density at radius 1 is 1.16 bits per heavy atom. The van der Waals surface area contributed by atoms with E-state index in [1.165, 1.54) is 30.5 Å². The second-order valence-corrected chi connectivity index (χ2v) is 6.44. The lowest BCUT2D eigenvalue weighted by Gasteiger charge is -2.18. The molecule has 0 amide bonds. The number of aromatic nitrogens is 1. The fraction of sp³-hybridized carbons (Fsp3) is 0.389. The zero-order valence-electron chi connectivity index (χ0n) is 14.1. The van der Waals surface area contributed by atoms with Crippen LogP contribution >= 0.6 is 0 Å². The van der Waals surface area contributed by atoms with E-state index in [2.05, 4.69) is 4.98 Å². The van der Waals surface area contributed by atoms with Gasteiger partial charge in [-0.05, 0) is 68.1 Å². The summed E-state index contributed by atoms with van der Waals surface area (Å²) in [5.41, 5.74) is 4.33. The van der Waals surface area contributed by atoms with Gasteiger partial charge in [-0.25, -0.2) is 4.98 Å². The van der Waals surface area contributed by atoms with Gasteiger partial charge < -0.3 is 15.6 Å². The number of aliphatic hydroxyl groups is 1. The van der Waals surface area contributed by atoms with Gasteiger partial charge in [0, 0.05) is 6.20 Å². The van der Waals surface area contributed by atoms with E-state index in [-0.39, 0.29) is 11.4 Å². The molecule has 0 aliphatic rings. The van der Waals surface area contributed by atoms with Crippen molar-refractivity contribution in [3.8, 4) is 16.9 Å². The molecular weight excluding hydrogens is 333 g/mol. The van der Waals surface area contributed by atoms with Crippen molar-refractivity contribution in [1.29, 1.82) is 0 Å². The highest BCUT2D eigenvalue weighted by Gasteiger charge is 2.34. The smallest absolute Gasteiger partial charge is 0.417 e. The van der Waals surface area contributed by atoms with Gasteiger partial charge in [-0.2, -0.15) is 13.2 Å². The molecule has 2 rings (SSSR count). The highest BCUT2D eigenvalue weighted by atomic mass is 19.4. The van der Waals surface area contributed by atoms with Gasteiger partial charge in [0.15, 0.2) is 0 Å². The minimum absolute atomic E-state index is 0.0124. The van der Waals surface area contributed by atoms with Crippen molar-refractivity contribution >= 4 is 5.82 Å². The number of anilines is 1. The van der Waals surface area contributed by atoms with Crippen LogP contribution in [0.15, 0.2) is 36.5 Å². The summed E-state index contributed by atoms with van der Waals surface area (Å²) in [6, 6.07) is 6.50. The highest BCUT2D eigenvalue weighted by molar-refractivity contribution is 5.71. The van der Waals surface area contributed by atoms with Crippen molar-refractivity contribution in [2.24, 2.45) is 0 Å². The molecule has 0 aliphatic carbocycles. The summed E-state index contributed by atoms with van der Waals surface area (Å²) in [4.78, 5) is 3.80. The maximum atomic E-state index is 13.3. The lowest BCUT2D eigenvalue weighted by atomic mass is 9.99. The van der Waals surface area contributed by atoms with Crippen LogP contribution in [0.2, 0.25) is 0 Å². The maximum Gasteiger partial charge on any atom is 0.417 e. The van der Waals surface area contributed by atoms with E-state index in [1.807, 2.05) is 0 Å². The van der Waals surface area contributed by atoms with Crippen molar-refractivity contribution in [2.45, 2.75) is 38.5 Å². The molecule has 136 valence electrons. The molecule has 25 heavy (non-hydrogen) atoms. The second kappa shape index (κ2) is 7.31. The molecule has 1 aromatic carbocycles. The fourth-order valence-corrected chi connectivity index (χ4v) is 2.41. The molecule has 3 N–H and O–H groups in total. The lowest BCUT2D eigenvalue weighted by molar-refractivity contribution is -0.137. The van der Waals surface area contributed by atoms with Crippen LogP contribution in [0.1, 0.15) is 32.3 Å². The molecule has 1 aromatic heterocycles. The zero-order valence-corrected chi connectivity index (χ0v) is 14.1. The van der Waals surface area contributed by atoms with Crippen molar-refractivity contribution in [1.82, 2.24) is 4.98 Å². The van der Waals surface area contributed by atoms with E-state index in [0.29, 0.717) is 30.8 Å². The number of rotatable bonds is 6. The van der Waals surface area contributed by atoms with Crippen LogP contribution in [-0.4, -0.2) is 22.3 Å². The van der Waals surface area contributed by atoms with E-state index < -0.39 is 17.3 Å². The molecule has 0 spiro atoms. The number of pyridine rings is 1. The minimum atomic E-state index is -4.49. The normalized spacial score (nSPS) is 12.2. The molecule has 2 aromatic rings. The van der Waals surface area contributed by atoms with Crippen LogP contribution in [0.25, 0.3) is 11.1 Å². The van der Waals surface area contributed by atoms with Crippen LogP contribution in [0, 0.1) is 0 Å². The predicted octanol–water partition coefficient (Wildman–Crippen LogP) is 4.28. The zero-order chi connectivity index (χ0) is 18.7. The number of nitrogens with zero attached hydrogens (tertiary/aromatic N) is 1. The average molecular weight is 354 g/mol. The summed E-state index contributed by atoms with van der Waals surface area (Å²) < 4.78 is 45.4. The first-order valence-electron chi connectivity index (χ1n) is 7.84. The number of hydrogen-bond acceptors (Lipinski definition) is 4. The summed E-state index contributed by atoms with van der Waals surface area (Å²) in [5, 5.41) is 9.66. The quantitative estimate of drug-likeness (QED) is 0.760. The third kappa shape index (κ3) is 5.63. The van der Waals surface area contributed by atoms with Crippen molar-refractivity contribution in [3.63, 3.8) is 0 Å². The van der Waals surface area contributed by atoms with Crippen LogP contribution in [0.4, 0.5) is 19.0 Å². The summed E-state index contributed by atoms with van der Waals surface area (Å²) in [6.45, 7) is 3.68. The first-order valence-corrected chi connectivity index (χ1v) is 7.84. The van der Waals surface area contributed by atoms with E-state index in [9.17, 15) is 18.3 Å². The Kier molecular flexibility index (Phi) is 5.57. The highest BCUT2D eigenvalue weighted by Crippen LogP contribution is 2.39. The molecule has 0 fully saturated rings. The van der Waals surface area contributed by atoms with E-state index in [1.54, 1.807) is 13.8 Å². The second-order valence-electron chi connectivity index (χ2n) is 6.44. The van der Waals surface area contributed by atoms with Gasteiger partial charge in [0.05, 0.1) is 17.8 Å². The standard InChI is InChI=1S/C18H21F3N2O2/c1-17(2,24)7-3-9-25-13-4-5-15(18(19,20)21)14(11-13)12-6-8-23-16(22)10-12/h4-6,8,10-11,24H,3,7,9H2,1-2H3,(H2,22,23). The number of hydrogen-bond donors (Lipinski definition) is 2. The lowest BCUT2D eigenvalue weighted by Crippen LogP contribution is -2.19. The van der Waals surface area contributed by atoms with Crippen LogP contribution in [-0.2, 0) is 6.18 Å². The van der Waals surface area contributed by atoms with Gasteiger partial charge in [0.25, 0.3) is 0 Å². The number of nitrogen functional groups attached to an aromatic ring is 1. The van der Waals surface area contributed by atoms with Gasteiger partial charge in [-0.3, -0.25) is 0 Å². The third-order valence-electron chi connectivity index (χ3n) is 3.59. The van der Waals surface area contributed by atoms with E-state index >= 15 is 0 Å². The largest absolute Gasteiger partial charge is 0.494 e. The van der Waals surface area contributed by atoms with Crippen LogP contribution in [0.3, 0.4) is 0 Å². The number of halogens is 3. The molecule has 0 atom stereocenters. The predicted molar refractivity (Wildman–Crippen MR) is 90.1 cm³/mol. The number of benzene rings is 1. The molecule has 4 nitrogen and oxygen atoms in total. The van der Waals surface area contributed by atoms with Gasteiger partial charge in [-0.15, -0.1) is 0 Å². The Balaban J connectivity index is 2.26. The Labute approximate surface area is 144 Å². The van der Waals surface area contributed by atoms with Gasteiger partial charge in [0.1, 0.15) is 11.6 Å². The molecule has 0 radical (unpaired) electrons. The fourth-order valence-electron chi connectivity index (χ4n) is 2.41. The summed E-state index contributed by atoms with van der Waals surface area (Å²) in [5.74, 6) is 0.469. The van der Waals surface area contributed by atoms with Crippen LogP contribution in [0.5, 0.6) is 5.75 Å². The SMILES string of the molecule is CC(C)(O)CCCOc1ccc(C(F)(F)F)c(-c2ccnc(N)c2)c1. The molecule has 7 heteroatoms. The number of ether oxygens (including phenoxy) is 1. The van der Waals surface area contributed by atoms with Gasteiger partial charge >= 0.3 is 6.18 Å². The molecule has 0 bridgehead atoms. The average Bonchev–Trinajstić information content (AvgIpc) is 2.49. The Morgan fingerprint density at radius 3 is 2.48 bits per heavy atom. The number of nitrogens with two attached hydrogens (primary N) is 1. The molecule has 0 saturated carbocycles.